The van der Waals surface area contributed by atoms with Gasteiger partial charge in [-0.2, -0.15) is 0 Å². The standard InChI is InChI=1S/C15H23ClN2O/c1-10-6-7-18(9-15(10)19)12-4-5-13(11(2)17-3)14(16)8-12/h4-5,8,10-11,15,17,19H,6-7,9H2,1-3H3. The molecule has 1 aliphatic rings. The van der Waals surface area contributed by atoms with Crippen LogP contribution in [0.1, 0.15) is 31.9 Å². The topological polar surface area (TPSA) is 35.5 Å². The van der Waals surface area contributed by atoms with Crippen LogP contribution in [-0.2, 0) is 0 Å². The molecule has 0 saturated carbocycles. The van der Waals surface area contributed by atoms with Crippen molar-refractivity contribution in [3.05, 3.63) is 28.8 Å². The van der Waals surface area contributed by atoms with Crippen LogP contribution in [0.4, 0.5) is 5.69 Å². The van der Waals surface area contributed by atoms with Gasteiger partial charge in [-0.3, -0.25) is 0 Å². The van der Waals surface area contributed by atoms with Gasteiger partial charge in [-0.15, -0.1) is 0 Å². The quantitative estimate of drug-likeness (QED) is 0.895. The maximum absolute atomic E-state index is 9.97. The molecule has 2 N–H and O–H groups in total. The molecule has 1 aliphatic heterocycles. The highest BCUT2D eigenvalue weighted by atomic mass is 35.5. The lowest BCUT2D eigenvalue weighted by Gasteiger charge is -2.36. The first-order chi connectivity index (χ1) is 9.02. The van der Waals surface area contributed by atoms with E-state index in [0.717, 1.165) is 29.2 Å². The van der Waals surface area contributed by atoms with Crippen molar-refractivity contribution in [1.29, 1.82) is 0 Å². The van der Waals surface area contributed by atoms with Crippen molar-refractivity contribution >= 4 is 17.3 Å². The molecule has 0 radical (unpaired) electrons. The Morgan fingerprint density at radius 3 is 2.79 bits per heavy atom. The van der Waals surface area contributed by atoms with Crippen LogP contribution < -0.4 is 10.2 Å². The first-order valence-corrected chi connectivity index (χ1v) is 7.30. The molecule has 3 nitrogen and oxygen atoms in total. The van der Waals surface area contributed by atoms with Crippen molar-refractivity contribution in [2.75, 3.05) is 25.0 Å². The lowest BCUT2D eigenvalue weighted by atomic mass is 9.95. The second kappa shape index (κ2) is 6.12. The number of benzene rings is 1. The van der Waals surface area contributed by atoms with Crippen LogP contribution in [0, 0.1) is 5.92 Å². The number of nitrogens with one attached hydrogen (secondary N) is 1. The molecule has 1 fully saturated rings. The fraction of sp³-hybridized carbons (Fsp3) is 0.600. The third-order valence-electron chi connectivity index (χ3n) is 4.17. The Hall–Kier alpha value is -0.770. The van der Waals surface area contributed by atoms with E-state index >= 15 is 0 Å². The smallest absolute Gasteiger partial charge is 0.0741 e. The lowest BCUT2D eigenvalue weighted by molar-refractivity contribution is 0.103. The highest BCUT2D eigenvalue weighted by Crippen LogP contribution is 2.30. The first-order valence-electron chi connectivity index (χ1n) is 6.92. The largest absolute Gasteiger partial charge is 0.391 e. The van der Waals surface area contributed by atoms with Gasteiger partial charge in [0.15, 0.2) is 0 Å². The molecule has 106 valence electrons. The Labute approximate surface area is 120 Å². The van der Waals surface area contributed by atoms with E-state index in [9.17, 15) is 5.11 Å². The molecule has 1 aromatic rings. The average Bonchev–Trinajstić information content (AvgIpc) is 2.41. The predicted octanol–water partition coefficient (Wildman–Crippen LogP) is 2.83. The molecule has 1 heterocycles. The lowest BCUT2D eigenvalue weighted by Crippen LogP contribution is -2.42. The highest BCUT2D eigenvalue weighted by Gasteiger charge is 2.24. The van der Waals surface area contributed by atoms with Gasteiger partial charge in [-0.05, 0) is 44.0 Å². The first kappa shape index (κ1) is 14.6. The summed E-state index contributed by atoms with van der Waals surface area (Å²) in [7, 11) is 1.93. The van der Waals surface area contributed by atoms with E-state index in [0.29, 0.717) is 12.5 Å². The van der Waals surface area contributed by atoms with Crippen molar-refractivity contribution in [2.24, 2.45) is 5.92 Å². The predicted molar refractivity (Wildman–Crippen MR) is 80.9 cm³/mol. The summed E-state index contributed by atoms with van der Waals surface area (Å²) in [4.78, 5) is 2.21. The average molecular weight is 283 g/mol. The molecular weight excluding hydrogens is 260 g/mol. The Bertz CT molecular complexity index is 438. The second-order valence-corrected chi connectivity index (χ2v) is 5.90. The molecule has 0 aromatic heterocycles. The molecule has 0 spiro atoms. The Balaban J connectivity index is 2.16. The van der Waals surface area contributed by atoms with Gasteiger partial charge in [0.25, 0.3) is 0 Å². The van der Waals surface area contributed by atoms with Crippen LogP contribution in [-0.4, -0.2) is 31.3 Å². The number of nitrogens with zero attached hydrogens (tertiary/aromatic N) is 1. The normalized spacial score (nSPS) is 25.4. The van der Waals surface area contributed by atoms with Crippen LogP contribution in [0.25, 0.3) is 0 Å². The van der Waals surface area contributed by atoms with Crippen molar-refractivity contribution in [2.45, 2.75) is 32.4 Å². The Morgan fingerprint density at radius 2 is 2.21 bits per heavy atom. The molecule has 2 rings (SSSR count). The minimum absolute atomic E-state index is 0.244. The number of anilines is 1. The van der Waals surface area contributed by atoms with E-state index in [-0.39, 0.29) is 12.1 Å². The number of hydrogen-bond acceptors (Lipinski definition) is 3. The zero-order valence-electron chi connectivity index (χ0n) is 11.9. The molecular formula is C15H23ClN2O. The second-order valence-electron chi connectivity index (χ2n) is 5.50. The van der Waals surface area contributed by atoms with Crippen molar-refractivity contribution in [1.82, 2.24) is 5.32 Å². The molecule has 19 heavy (non-hydrogen) atoms. The monoisotopic (exact) mass is 282 g/mol. The van der Waals surface area contributed by atoms with Gasteiger partial charge < -0.3 is 15.3 Å². The van der Waals surface area contributed by atoms with Crippen LogP contribution in [0.3, 0.4) is 0 Å². The highest BCUT2D eigenvalue weighted by molar-refractivity contribution is 6.31. The summed E-state index contributed by atoms with van der Waals surface area (Å²) < 4.78 is 0. The molecule has 0 amide bonds. The number of halogens is 1. The summed E-state index contributed by atoms with van der Waals surface area (Å²) in [6.07, 6.45) is 0.774. The number of aliphatic hydroxyl groups is 1. The fourth-order valence-electron chi connectivity index (χ4n) is 2.50. The molecule has 1 saturated heterocycles. The molecule has 0 bridgehead atoms. The van der Waals surface area contributed by atoms with Gasteiger partial charge in [-0.1, -0.05) is 24.6 Å². The summed E-state index contributed by atoms with van der Waals surface area (Å²) in [5.41, 5.74) is 2.21. The van der Waals surface area contributed by atoms with Gasteiger partial charge in [0.1, 0.15) is 0 Å². The third-order valence-corrected chi connectivity index (χ3v) is 4.49. The van der Waals surface area contributed by atoms with Crippen LogP contribution in [0.2, 0.25) is 5.02 Å². The van der Waals surface area contributed by atoms with E-state index in [1.807, 2.05) is 13.1 Å². The van der Waals surface area contributed by atoms with Crippen molar-refractivity contribution < 1.29 is 5.11 Å². The SMILES string of the molecule is CNC(C)c1ccc(N2CCC(C)C(O)C2)cc1Cl. The van der Waals surface area contributed by atoms with E-state index in [1.165, 1.54) is 0 Å². The van der Waals surface area contributed by atoms with E-state index in [2.05, 4.69) is 36.2 Å². The van der Waals surface area contributed by atoms with E-state index < -0.39 is 0 Å². The van der Waals surface area contributed by atoms with E-state index in [4.69, 9.17) is 11.6 Å². The third kappa shape index (κ3) is 3.22. The summed E-state index contributed by atoms with van der Waals surface area (Å²) in [6, 6.07) is 6.42. The summed E-state index contributed by atoms with van der Waals surface area (Å²) in [6.45, 7) is 5.87. The van der Waals surface area contributed by atoms with Gasteiger partial charge in [0.2, 0.25) is 0 Å². The molecule has 1 aromatic carbocycles. The number of hydrogen-bond donors (Lipinski definition) is 2. The molecule has 4 heteroatoms. The number of β-amino-alcohol motifs (C(OH)–C–C–N with tert-alkyl or cyclic N) is 1. The minimum Gasteiger partial charge on any atom is -0.391 e. The van der Waals surface area contributed by atoms with Gasteiger partial charge in [0, 0.05) is 29.8 Å². The van der Waals surface area contributed by atoms with Crippen molar-refractivity contribution in [3.63, 3.8) is 0 Å². The maximum Gasteiger partial charge on any atom is 0.0741 e. The maximum atomic E-state index is 9.97. The Kier molecular flexibility index (Phi) is 4.71. The number of aliphatic hydroxyl groups excluding tert-OH is 1. The summed E-state index contributed by atoms with van der Waals surface area (Å²) in [5, 5.41) is 14.0. The summed E-state index contributed by atoms with van der Waals surface area (Å²) in [5.74, 6) is 0.385. The number of piperidine rings is 1. The minimum atomic E-state index is -0.247. The van der Waals surface area contributed by atoms with Gasteiger partial charge in [-0.25, -0.2) is 0 Å². The van der Waals surface area contributed by atoms with Crippen LogP contribution in [0.15, 0.2) is 18.2 Å². The zero-order chi connectivity index (χ0) is 14.0. The zero-order valence-corrected chi connectivity index (χ0v) is 12.6. The number of rotatable bonds is 3. The fourth-order valence-corrected chi connectivity index (χ4v) is 2.84. The van der Waals surface area contributed by atoms with Crippen LogP contribution >= 0.6 is 11.6 Å². The Morgan fingerprint density at radius 1 is 1.47 bits per heavy atom. The molecule has 3 unspecified atom stereocenters. The molecule has 3 atom stereocenters. The van der Waals surface area contributed by atoms with Crippen molar-refractivity contribution in [3.8, 4) is 0 Å². The van der Waals surface area contributed by atoms with Gasteiger partial charge in [0.05, 0.1) is 6.10 Å². The summed E-state index contributed by atoms with van der Waals surface area (Å²) >= 11 is 6.36. The molecule has 0 aliphatic carbocycles. The van der Waals surface area contributed by atoms with Crippen LogP contribution in [0.5, 0.6) is 0 Å². The van der Waals surface area contributed by atoms with E-state index in [1.54, 1.807) is 0 Å². The van der Waals surface area contributed by atoms with Gasteiger partial charge >= 0.3 is 0 Å².